The number of hydrogen-bond acceptors (Lipinski definition) is 6. The predicted octanol–water partition coefficient (Wildman–Crippen LogP) is 3.34. The van der Waals surface area contributed by atoms with Crippen LogP contribution in [0.3, 0.4) is 0 Å². The van der Waals surface area contributed by atoms with Gasteiger partial charge in [0.2, 0.25) is 0 Å². The molecule has 4 nitrogen and oxygen atoms in total. The third kappa shape index (κ3) is 4.82. The van der Waals surface area contributed by atoms with Gasteiger partial charge in [-0.05, 0) is 22.0 Å². The Kier molecular flexibility index (Phi) is 6.44. The van der Waals surface area contributed by atoms with Crippen LogP contribution in [-0.4, -0.2) is 32.3 Å². The number of ether oxygens (including phenoxy) is 1. The fourth-order valence-corrected chi connectivity index (χ4v) is 4.02. The minimum absolute atomic E-state index is 0.735. The molecule has 0 aromatic carbocycles. The molecule has 0 bridgehead atoms. The van der Waals surface area contributed by atoms with Gasteiger partial charge >= 0.3 is 0 Å². The third-order valence-electron chi connectivity index (χ3n) is 2.66. The Morgan fingerprint density at radius 2 is 2.30 bits per heavy atom. The number of methoxy groups -OCH3 is 1. The van der Waals surface area contributed by atoms with Crippen molar-refractivity contribution in [1.82, 2.24) is 10.3 Å². The molecule has 0 saturated heterocycles. The monoisotopic (exact) mass is 375 g/mol. The summed E-state index contributed by atoms with van der Waals surface area (Å²) in [4.78, 5) is 9.24. The van der Waals surface area contributed by atoms with Gasteiger partial charge in [0.15, 0.2) is 5.13 Å². The quantitative estimate of drug-likeness (QED) is 0.717. The first kappa shape index (κ1) is 15.9. The van der Waals surface area contributed by atoms with E-state index in [-0.39, 0.29) is 0 Å². The van der Waals surface area contributed by atoms with Crippen molar-refractivity contribution in [2.45, 2.75) is 13.1 Å². The van der Waals surface area contributed by atoms with E-state index in [1.165, 1.54) is 9.75 Å². The highest BCUT2D eigenvalue weighted by Crippen LogP contribution is 2.26. The zero-order valence-corrected chi connectivity index (χ0v) is 14.8. The van der Waals surface area contributed by atoms with Crippen LogP contribution in [0.15, 0.2) is 22.1 Å². The van der Waals surface area contributed by atoms with Crippen LogP contribution in [0.5, 0.6) is 0 Å². The second-order valence-electron chi connectivity index (χ2n) is 4.37. The largest absolute Gasteiger partial charge is 0.383 e. The molecule has 110 valence electrons. The summed E-state index contributed by atoms with van der Waals surface area (Å²) >= 11 is 6.97. The SMILES string of the molecule is COCCNCc1cnc(N(C)Cc2cc(Br)cs2)s1. The maximum absolute atomic E-state index is 5.01. The fourth-order valence-electron chi connectivity index (χ4n) is 1.68. The standard InChI is InChI=1S/C13H18BrN3OS2/c1-17(8-11-5-10(14)9-19-11)13-16-7-12(20-13)6-15-3-4-18-2/h5,7,9,15H,3-4,6,8H2,1-2H3. The molecule has 0 aliphatic heterocycles. The molecule has 7 heteroatoms. The van der Waals surface area contributed by atoms with Crippen LogP contribution in [0.2, 0.25) is 0 Å². The summed E-state index contributed by atoms with van der Waals surface area (Å²) in [5, 5.41) is 6.49. The van der Waals surface area contributed by atoms with Gasteiger partial charge in [0.05, 0.1) is 13.2 Å². The number of halogens is 1. The maximum Gasteiger partial charge on any atom is 0.185 e. The summed E-state index contributed by atoms with van der Waals surface area (Å²) in [5.41, 5.74) is 0. The Morgan fingerprint density at radius 1 is 1.45 bits per heavy atom. The van der Waals surface area contributed by atoms with Crippen LogP contribution in [0.4, 0.5) is 5.13 Å². The number of rotatable bonds is 8. The van der Waals surface area contributed by atoms with Gasteiger partial charge < -0.3 is 15.0 Å². The molecule has 2 aromatic rings. The summed E-state index contributed by atoms with van der Waals surface area (Å²) < 4.78 is 6.15. The van der Waals surface area contributed by atoms with Crippen LogP contribution in [0, 0.1) is 0 Å². The minimum atomic E-state index is 0.735. The smallest absolute Gasteiger partial charge is 0.185 e. The van der Waals surface area contributed by atoms with Crippen LogP contribution in [0.1, 0.15) is 9.75 Å². The molecule has 2 aromatic heterocycles. The first-order chi connectivity index (χ1) is 9.69. The number of thiophene rings is 1. The highest BCUT2D eigenvalue weighted by Gasteiger charge is 2.08. The lowest BCUT2D eigenvalue weighted by atomic mass is 10.4. The Morgan fingerprint density at radius 3 is 3.00 bits per heavy atom. The summed E-state index contributed by atoms with van der Waals surface area (Å²) in [6, 6.07) is 2.15. The zero-order chi connectivity index (χ0) is 14.4. The van der Waals surface area contributed by atoms with Gasteiger partial charge in [-0.15, -0.1) is 22.7 Å². The third-order valence-corrected chi connectivity index (χ3v) is 5.46. The molecule has 1 N–H and O–H groups in total. The van der Waals surface area contributed by atoms with Gasteiger partial charge in [0.25, 0.3) is 0 Å². The molecule has 0 amide bonds. The molecule has 0 atom stereocenters. The number of nitrogens with one attached hydrogen (secondary N) is 1. The molecule has 0 unspecified atom stereocenters. The first-order valence-electron chi connectivity index (χ1n) is 6.27. The Labute approximate surface area is 135 Å². The van der Waals surface area contributed by atoms with Crippen molar-refractivity contribution in [3.05, 3.63) is 31.9 Å². The van der Waals surface area contributed by atoms with E-state index in [0.29, 0.717) is 0 Å². The Bertz CT molecular complexity index is 529. The molecule has 0 aliphatic rings. The lowest BCUT2D eigenvalue weighted by Gasteiger charge is -2.13. The molecular formula is C13H18BrN3OS2. The van der Waals surface area contributed by atoms with Gasteiger partial charge in [-0.3, -0.25) is 0 Å². The molecule has 2 heterocycles. The van der Waals surface area contributed by atoms with Gasteiger partial charge in [0, 0.05) is 53.1 Å². The Hall–Kier alpha value is -0.470. The number of aromatic nitrogens is 1. The molecule has 2 rings (SSSR count). The molecular weight excluding hydrogens is 358 g/mol. The summed E-state index contributed by atoms with van der Waals surface area (Å²) in [5.74, 6) is 0. The highest BCUT2D eigenvalue weighted by molar-refractivity contribution is 9.10. The van der Waals surface area contributed by atoms with E-state index < -0.39 is 0 Å². The summed E-state index contributed by atoms with van der Waals surface area (Å²) in [7, 11) is 3.79. The van der Waals surface area contributed by atoms with Crippen molar-refractivity contribution in [3.8, 4) is 0 Å². The Balaban J connectivity index is 1.84. The van der Waals surface area contributed by atoms with E-state index in [1.54, 1.807) is 29.8 Å². The van der Waals surface area contributed by atoms with Crippen LogP contribution >= 0.6 is 38.6 Å². The average molecular weight is 376 g/mol. The maximum atomic E-state index is 5.01. The van der Waals surface area contributed by atoms with E-state index in [0.717, 1.165) is 35.8 Å². The first-order valence-corrected chi connectivity index (χ1v) is 8.76. The molecule has 0 fully saturated rings. The number of anilines is 1. The number of hydrogen-bond donors (Lipinski definition) is 1. The van der Waals surface area contributed by atoms with Crippen molar-refractivity contribution in [3.63, 3.8) is 0 Å². The number of thiazole rings is 1. The fraction of sp³-hybridized carbons (Fsp3) is 0.462. The van der Waals surface area contributed by atoms with Crippen molar-refractivity contribution in [1.29, 1.82) is 0 Å². The molecule has 0 saturated carbocycles. The van der Waals surface area contributed by atoms with Crippen molar-refractivity contribution in [2.75, 3.05) is 32.2 Å². The van der Waals surface area contributed by atoms with E-state index in [9.17, 15) is 0 Å². The summed E-state index contributed by atoms with van der Waals surface area (Å²) in [6.07, 6.45) is 1.95. The molecule has 0 radical (unpaired) electrons. The second kappa shape index (κ2) is 8.09. The van der Waals surface area contributed by atoms with Gasteiger partial charge in [-0.25, -0.2) is 4.98 Å². The zero-order valence-electron chi connectivity index (χ0n) is 11.6. The van der Waals surface area contributed by atoms with E-state index in [2.05, 4.69) is 49.6 Å². The van der Waals surface area contributed by atoms with Gasteiger partial charge in [-0.2, -0.15) is 0 Å². The van der Waals surface area contributed by atoms with Crippen molar-refractivity contribution >= 4 is 43.7 Å². The van der Waals surface area contributed by atoms with E-state index in [1.807, 2.05) is 6.20 Å². The van der Waals surface area contributed by atoms with Crippen molar-refractivity contribution in [2.24, 2.45) is 0 Å². The summed E-state index contributed by atoms with van der Waals surface area (Å²) in [6.45, 7) is 3.33. The van der Waals surface area contributed by atoms with Crippen molar-refractivity contribution < 1.29 is 4.74 Å². The van der Waals surface area contributed by atoms with Crippen LogP contribution in [0.25, 0.3) is 0 Å². The molecule has 20 heavy (non-hydrogen) atoms. The van der Waals surface area contributed by atoms with Gasteiger partial charge in [0.1, 0.15) is 0 Å². The normalized spacial score (nSPS) is 10.9. The number of nitrogens with zero attached hydrogens (tertiary/aromatic N) is 2. The highest BCUT2D eigenvalue weighted by atomic mass is 79.9. The molecule has 0 aliphatic carbocycles. The lowest BCUT2D eigenvalue weighted by molar-refractivity contribution is 0.199. The molecule has 0 spiro atoms. The van der Waals surface area contributed by atoms with Crippen LogP contribution < -0.4 is 10.2 Å². The average Bonchev–Trinajstić information content (AvgIpc) is 3.04. The topological polar surface area (TPSA) is 37.4 Å². The lowest BCUT2D eigenvalue weighted by Crippen LogP contribution is -2.17. The van der Waals surface area contributed by atoms with Crippen LogP contribution in [-0.2, 0) is 17.8 Å². The minimum Gasteiger partial charge on any atom is -0.383 e. The van der Waals surface area contributed by atoms with E-state index in [4.69, 9.17) is 4.74 Å². The van der Waals surface area contributed by atoms with E-state index >= 15 is 0 Å². The van der Waals surface area contributed by atoms with Gasteiger partial charge in [-0.1, -0.05) is 0 Å². The second-order valence-corrected chi connectivity index (χ2v) is 7.37. The predicted molar refractivity (Wildman–Crippen MR) is 89.8 cm³/mol.